The highest BCUT2D eigenvalue weighted by Crippen LogP contribution is 2.32. The number of fused-ring (bicyclic) bond motifs is 1. The molecule has 4 aliphatic rings. The number of amides is 7. The molecule has 0 spiro atoms. The van der Waals surface area contributed by atoms with Crippen molar-refractivity contribution in [1.82, 2.24) is 57.5 Å². The minimum atomic E-state index is -1.01. The number of aromatic nitrogens is 4. The summed E-state index contributed by atoms with van der Waals surface area (Å²) in [5.74, 6) is -6.29. The van der Waals surface area contributed by atoms with Crippen LogP contribution < -0.4 is 37.2 Å². The normalized spacial score (nSPS) is 18.1. The number of halogens is 2. The number of aldehydes is 4. The third kappa shape index (κ3) is 38.5. The average molecular weight is 1960 g/mol. The van der Waals surface area contributed by atoms with E-state index in [4.69, 9.17) is 9.05 Å². The van der Waals surface area contributed by atoms with Gasteiger partial charge in [0.05, 0.1) is 42.4 Å². The number of Topliss-reactive ketones (excluding diaryl/α,β-unsaturated/α-hetero) is 7. The summed E-state index contributed by atoms with van der Waals surface area (Å²) in [6.45, 7) is 21.4. The van der Waals surface area contributed by atoms with Gasteiger partial charge in [-0.15, -0.1) is 0 Å². The molecule has 7 amide bonds. The van der Waals surface area contributed by atoms with Gasteiger partial charge in [0, 0.05) is 136 Å². The molecule has 31 nitrogen and oxygen atoms in total. The first-order valence-electron chi connectivity index (χ1n) is 50.0. The molecule has 3 saturated carbocycles. The zero-order valence-corrected chi connectivity index (χ0v) is 83.5. The fourth-order valence-electron chi connectivity index (χ4n) is 18.7. The first-order chi connectivity index (χ1) is 67.8. The highest BCUT2D eigenvalue weighted by atomic mass is 19.1. The van der Waals surface area contributed by atoms with Crippen LogP contribution in [0.1, 0.15) is 283 Å². The molecule has 3 aliphatic carbocycles. The predicted molar refractivity (Wildman–Crippen MR) is 526 cm³/mol. The summed E-state index contributed by atoms with van der Waals surface area (Å²) in [4.78, 5) is 234. The first kappa shape index (κ1) is 114. The number of nitrogens with one attached hydrogen (secondary N) is 7. The number of carbonyl (C=O) groups excluding carboxylic acids is 18. The number of ketones is 7. The molecule has 0 bridgehead atoms. The third-order valence-corrected chi connectivity index (χ3v) is 26.2. The molecule has 766 valence electrons. The van der Waals surface area contributed by atoms with Crippen molar-refractivity contribution in [2.45, 2.75) is 292 Å². The number of aryl methyl sites for hydroxylation is 2. The van der Waals surface area contributed by atoms with Gasteiger partial charge in [0.2, 0.25) is 29.5 Å². The molecule has 7 N–H and O–H groups in total. The Labute approximate surface area is 829 Å². The molecule has 4 fully saturated rings. The van der Waals surface area contributed by atoms with Crippen molar-refractivity contribution >= 4 is 118 Å². The molecule has 1 unspecified atom stereocenters. The second-order valence-corrected chi connectivity index (χ2v) is 40.1. The molecular formula is C109H141F2N11O20. The van der Waals surface area contributed by atoms with Crippen molar-refractivity contribution < 1.29 is 104 Å². The minimum Gasteiger partial charge on any atom is -0.361 e. The van der Waals surface area contributed by atoms with Gasteiger partial charge in [-0.3, -0.25) is 72.1 Å². The number of carbonyl (C=O) groups is 18. The Morgan fingerprint density at radius 3 is 1.20 bits per heavy atom. The van der Waals surface area contributed by atoms with Crippen molar-refractivity contribution in [2.75, 3.05) is 6.54 Å². The first-order valence-corrected chi connectivity index (χ1v) is 50.0. The van der Waals surface area contributed by atoms with Gasteiger partial charge in [0.15, 0.2) is 23.0 Å². The Balaban J connectivity index is 0.000000235. The summed E-state index contributed by atoms with van der Waals surface area (Å²) in [7, 11) is 0. The highest BCUT2D eigenvalue weighted by molar-refractivity contribution is 6.01. The average Bonchev–Trinajstić information content (AvgIpc) is 0.835. The van der Waals surface area contributed by atoms with Gasteiger partial charge in [0.25, 0.3) is 11.8 Å². The Morgan fingerprint density at radius 1 is 0.423 bits per heavy atom. The van der Waals surface area contributed by atoms with E-state index in [1.54, 1.807) is 32.0 Å². The van der Waals surface area contributed by atoms with Gasteiger partial charge in [0.1, 0.15) is 82.8 Å². The van der Waals surface area contributed by atoms with Crippen LogP contribution in [0.2, 0.25) is 0 Å². The van der Waals surface area contributed by atoms with E-state index in [0.29, 0.717) is 126 Å². The van der Waals surface area contributed by atoms with E-state index in [9.17, 15) is 95.1 Å². The van der Waals surface area contributed by atoms with Crippen molar-refractivity contribution in [2.24, 2.45) is 76.9 Å². The van der Waals surface area contributed by atoms with Gasteiger partial charge >= 0.3 is 0 Å². The van der Waals surface area contributed by atoms with Crippen molar-refractivity contribution in [3.8, 4) is 0 Å². The summed E-state index contributed by atoms with van der Waals surface area (Å²) in [6.07, 6.45) is 20.1. The predicted octanol–water partition coefficient (Wildman–Crippen LogP) is 14.2. The lowest BCUT2D eigenvalue weighted by Gasteiger charge is -2.26. The largest absolute Gasteiger partial charge is 0.361 e. The Bertz CT molecular complexity index is 5400. The van der Waals surface area contributed by atoms with Crippen molar-refractivity contribution in [3.05, 3.63) is 179 Å². The standard InChI is InChI=1S/C34H41N3O6.C30H37FN4O5.C24H33FN2O4.C21H30N2O5/c1-21(2)15-26(33(41)35-27(20-38)17-25-10-5-7-14-31(25)39)19-32(40)29(36-34(42)30-16-22(3)43-37-30)18-24-12-8-11-23-9-4-6-13-28(23)24;1-19(2)13-22(29(39)34-24(18-36)15-21-5-3-4-6-27(21)37)16-28(38)25(14-20-7-9-23(31)10-8-20)35-30(40)26-17-32-11-12-33-26;1-15(2)10-19(13-22(29)16(3)11-17-4-6-20(25)7-5-17)24(31)27-21(14-28)12-18-8-9-26-23(18)30;1-13(2)8-16(11-20(26)18-9-14(3)28-23-18)21(27)22-17(12-24)10-15-6-4-5-7-19(15)25/h4,6,8-9,11-13,16,20-21,25-27,29H,5,7,10,14-15,17-19H2,1-3H3,(H,35,41)(H,36,42);7-12,17-19,21-22,24-25H,3-6,13-16H2,1-2H3,(H,34,39)(H,35,40);4-7,14-16,18-19,21H,8-13H2,1-3H3,(H,26,30)(H,27,31);9,12-13,15-17H,4-8,10-11H2,1-3H3,(H,22,27)/t25-,26+,27?,29-;21-,22+,24-,25-;16-,18-,19+,21-;15-,16+,17-/m0000/s1. The van der Waals surface area contributed by atoms with E-state index in [-0.39, 0.29) is 192 Å². The molecule has 3 aromatic heterocycles. The van der Waals surface area contributed by atoms with Crippen LogP contribution in [-0.4, -0.2) is 170 Å². The molecule has 4 aromatic carbocycles. The zero-order chi connectivity index (χ0) is 104. The molecule has 142 heavy (non-hydrogen) atoms. The number of rotatable bonds is 50. The van der Waals surface area contributed by atoms with Crippen LogP contribution in [0.4, 0.5) is 8.78 Å². The number of nitrogens with zero attached hydrogens (tertiary/aromatic N) is 4. The van der Waals surface area contributed by atoms with Crippen LogP contribution in [0.3, 0.4) is 0 Å². The van der Waals surface area contributed by atoms with Gasteiger partial charge in [-0.25, -0.2) is 13.8 Å². The lowest BCUT2D eigenvalue weighted by molar-refractivity contribution is -0.132. The monoisotopic (exact) mass is 1960 g/mol. The van der Waals surface area contributed by atoms with Gasteiger partial charge in [-0.1, -0.05) is 159 Å². The summed E-state index contributed by atoms with van der Waals surface area (Å²) < 4.78 is 36.5. The molecule has 1 aliphatic heterocycles. The smallest absolute Gasteiger partial charge is 0.274 e. The summed E-state index contributed by atoms with van der Waals surface area (Å²) in [5.41, 5.74) is 2.68. The molecule has 15 atom stereocenters. The van der Waals surface area contributed by atoms with Gasteiger partial charge < -0.3 is 65.4 Å². The van der Waals surface area contributed by atoms with Crippen LogP contribution in [0.5, 0.6) is 0 Å². The maximum atomic E-state index is 13.9. The maximum absolute atomic E-state index is 13.9. The van der Waals surface area contributed by atoms with Gasteiger partial charge in [-0.2, -0.15) is 0 Å². The quantitative estimate of drug-likeness (QED) is 0.0137. The molecule has 4 heterocycles. The molecule has 1 saturated heterocycles. The van der Waals surface area contributed by atoms with E-state index < -0.39 is 89.4 Å². The zero-order valence-electron chi connectivity index (χ0n) is 83.5. The maximum Gasteiger partial charge on any atom is 0.274 e. The van der Waals surface area contributed by atoms with Crippen LogP contribution in [0, 0.1) is 102 Å². The van der Waals surface area contributed by atoms with Crippen LogP contribution in [0.25, 0.3) is 10.8 Å². The summed E-state index contributed by atoms with van der Waals surface area (Å²) in [5, 5.41) is 28.8. The molecule has 11 rings (SSSR count). The van der Waals surface area contributed by atoms with Gasteiger partial charge in [-0.05, 0) is 198 Å². The Hall–Kier alpha value is -12.8. The van der Waals surface area contributed by atoms with E-state index >= 15 is 0 Å². The molecular weight excluding hydrogens is 1820 g/mol. The fraction of sp³-hybridized carbons (Fsp3) is 0.541. The van der Waals surface area contributed by atoms with Crippen LogP contribution >= 0.6 is 0 Å². The summed E-state index contributed by atoms with van der Waals surface area (Å²) >= 11 is 0. The van der Waals surface area contributed by atoms with Crippen LogP contribution in [0.15, 0.2) is 131 Å². The number of hydrogen-bond acceptors (Lipinski definition) is 24. The van der Waals surface area contributed by atoms with E-state index in [0.717, 1.165) is 66.8 Å². The Morgan fingerprint density at radius 2 is 0.810 bits per heavy atom. The van der Waals surface area contributed by atoms with E-state index in [1.807, 2.05) is 105 Å². The fourth-order valence-corrected chi connectivity index (χ4v) is 18.7. The number of benzene rings is 4. The molecule has 33 heteroatoms. The molecule has 0 radical (unpaired) electrons. The second kappa shape index (κ2) is 58.5. The van der Waals surface area contributed by atoms with Crippen molar-refractivity contribution in [3.63, 3.8) is 0 Å². The number of hydrogen-bond donors (Lipinski definition) is 7. The lowest BCUT2D eigenvalue weighted by atomic mass is 9.83. The van der Waals surface area contributed by atoms with E-state index in [2.05, 4.69) is 57.5 Å². The Kier molecular flexibility index (Phi) is 47.2. The van der Waals surface area contributed by atoms with E-state index in [1.165, 1.54) is 61.1 Å². The third-order valence-electron chi connectivity index (χ3n) is 26.2. The summed E-state index contributed by atoms with van der Waals surface area (Å²) in [6, 6.07) is 23.3. The topological polar surface area (TPSA) is 469 Å². The van der Waals surface area contributed by atoms with Crippen molar-refractivity contribution in [1.29, 1.82) is 0 Å². The lowest BCUT2D eigenvalue weighted by Crippen LogP contribution is -2.46. The van der Waals surface area contributed by atoms with Crippen LogP contribution in [-0.2, 0) is 91.2 Å². The molecule has 7 aromatic rings. The minimum absolute atomic E-state index is 0.00389. The highest BCUT2D eigenvalue weighted by Gasteiger charge is 2.38. The second-order valence-electron chi connectivity index (χ2n) is 40.1. The SMILES string of the molecule is CC(C)C[C@H](CC(=O)[C@@H](C)Cc1ccc(F)cc1)C(=O)N[C@H](C=O)C[C@@H]1CCNC1=O.CC(C)C[C@H](CC(=O)[C@H](Cc1ccc(F)cc1)NC(=O)c1cnccn1)C(=O)N[C@H](C=O)C[C@@H]1CCCCC1=O.Cc1cc(C(=O)C[C@@H](CC(C)C)C(=O)N[C@H](C=O)C[C@@H]2CCCCC2=O)no1.Cc1cc(C(=O)N[C@@H](Cc2cccc3ccccc23)C(=O)C[C@@H](CC(C)C)C(=O)NC(C=O)C[C@@H]2CCCCC2=O)no1.